The third kappa shape index (κ3) is 5.69. The molecule has 0 aliphatic carbocycles. The van der Waals surface area contributed by atoms with Crippen LogP contribution in [0.5, 0.6) is 0 Å². The summed E-state index contributed by atoms with van der Waals surface area (Å²) in [6.45, 7) is 17.9. The van der Waals surface area contributed by atoms with E-state index in [1.54, 1.807) is 27.0 Å². The Kier molecular flexibility index (Phi) is 6.07. The highest BCUT2D eigenvalue weighted by molar-refractivity contribution is 6.12. The first-order chi connectivity index (χ1) is 11.3. The SMILES string of the molecule is C=C1C=C(CN2CCN(CC)CC2)C=NC1=NC(=O)OC(C)(C)C. The number of piperazine rings is 1. The molecule has 0 bridgehead atoms. The molecule has 6 heteroatoms. The Bertz CT molecular complexity index is 576. The van der Waals surface area contributed by atoms with Crippen molar-refractivity contribution in [2.45, 2.75) is 33.3 Å². The summed E-state index contributed by atoms with van der Waals surface area (Å²) >= 11 is 0. The molecule has 1 fully saturated rings. The third-order valence-electron chi connectivity index (χ3n) is 3.91. The fourth-order valence-corrected chi connectivity index (χ4v) is 2.63. The quantitative estimate of drug-likeness (QED) is 0.797. The Balaban J connectivity index is 1.91. The zero-order valence-electron chi connectivity index (χ0n) is 15.2. The fraction of sp³-hybridized carbons (Fsp3) is 0.611. The van der Waals surface area contributed by atoms with Crippen molar-refractivity contribution in [3.63, 3.8) is 0 Å². The molecule has 24 heavy (non-hydrogen) atoms. The van der Waals surface area contributed by atoms with Gasteiger partial charge in [0.05, 0.1) is 0 Å². The van der Waals surface area contributed by atoms with Gasteiger partial charge in [-0.25, -0.2) is 9.79 Å². The minimum Gasteiger partial charge on any atom is -0.442 e. The first kappa shape index (κ1) is 18.5. The smallest absolute Gasteiger partial charge is 0.436 e. The lowest BCUT2D eigenvalue weighted by Crippen LogP contribution is -2.46. The summed E-state index contributed by atoms with van der Waals surface area (Å²) < 4.78 is 5.18. The maximum Gasteiger partial charge on any atom is 0.436 e. The van der Waals surface area contributed by atoms with Crippen LogP contribution in [0.1, 0.15) is 27.7 Å². The number of dihydropyridines is 1. The zero-order valence-corrected chi connectivity index (χ0v) is 15.2. The standard InChI is InChI=1S/C18H28N4O2/c1-6-21-7-9-22(10-8-21)13-15-11-14(2)16(19-12-15)20-17(23)24-18(3,4)5/h11-12H,2,6-10,13H2,1,3-5H3. The molecule has 0 radical (unpaired) electrons. The molecule has 0 saturated carbocycles. The molecule has 1 saturated heterocycles. The molecule has 0 aromatic heterocycles. The van der Waals surface area contributed by atoms with Crippen LogP contribution in [0.15, 0.2) is 33.8 Å². The van der Waals surface area contributed by atoms with Crippen molar-refractivity contribution in [3.8, 4) is 0 Å². The lowest BCUT2D eigenvalue weighted by atomic mass is 10.1. The van der Waals surface area contributed by atoms with Gasteiger partial charge in [0.15, 0.2) is 5.84 Å². The van der Waals surface area contributed by atoms with Gasteiger partial charge < -0.3 is 9.64 Å². The van der Waals surface area contributed by atoms with Crippen LogP contribution in [0.4, 0.5) is 4.79 Å². The lowest BCUT2D eigenvalue weighted by molar-refractivity contribution is 0.0604. The number of hydrogen-bond acceptors (Lipinski definition) is 4. The summed E-state index contributed by atoms with van der Waals surface area (Å²) in [5.74, 6) is 0.323. The number of likely N-dealkylation sites (N-methyl/N-ethyl adjacent to an activating group) is 1. The monoisotopic (exact) mass is 332 g/mol. The molecule has 2 rings (SSSR count). The van der Waals surface area contributed by atoms with Crippen molar-refractivity contribution in [1.29, 1.82) is 0 Å². The van der Waals surface area contributed by atoms with Crippen molar-refractivity contribution in [2.75, 3.05) is 39.3 Å². The number of amidine groups is 1. The highest BCUT2D eigenvalue weighted by atomic mass is 16.6. The average molecular weight is 332 g/mol. The van der Waals surface area contributed by atoms with E-state index >= 15 is 0 Å². The van der Waals surface area contributed by atoms with E-state index in [1.165, 1.54) is 0 Å². The second-order valence-electron chi connectivity index (χ2n) is 7.13. The topological polar surface area (TPSA) is 57.5 Å². The molecular formula is C18H28N4O2. The van der Waals surface area contributed by atoms with Crippen molar-refractivity contribution >= 4 is 18.1 Å². The summed E-state index contributed by atoms with van der Waals surface area (Å²) in [5.41, 5.74) is 1.17. The predicted molar refractivity (Wildman–Crippen MR) is 97.9 cm³/mol. The van der Waals surface area contributed by atoms with Crippen LogP contribution < -0.4 is 0 Å². The van der Waals surface area contributed by atoms with Gasteiger partial charge in [-0.05, 0) is 39.0 Å². The van der Waals surface area contributed by atoms with E-state index in [4.69, 9.17) is 4.74 Å². The van der Waals surface area contributed by atoms with Crippen LogP contribution in [0, 0.1) is 0 Å². The van der Waals surface area contributed by atoms with Gasteiger partial charge >= 0.3 is 6.09 Å². The minimum absolute atomic E-state index is 0.323. The number of amides is 1. The van der Waals surface area contributed by atoms with Gasteiger partial charge in [-0.1, -0.05) is 13.5 Å². The molecular weight excluding hydrogens is 304 g/mol. The van der Waals surface area contributed by atoms with Crippen LogP contribution in [-0.4, -0.2) is 72.8 Å². The average Bonchev–Trinajstić information content (AvgIpc) is 2.49. The molecule has 6 nitrogen and oxygen atoms in total. The van der Waals surface area contributed by atoms with Gasteiger partial charge in [-0.2, -0.15) is 4.99 Å². The molecule has 0 atom stereocenters. The van der Waals surface area contributed by atoms with Crippen LogP contribution in [0.3, 0.4) is 0 Å². The van der Waals surface area contributed by atoms with Crippen LogP contribution >= 0.6 is 0 Å². The number of rotatable bonds is 3. The molecule has 2 aliphatic rings. The molecule has 2 heterocycles. The fourth-order valence-electron chi connectivity index (χ4n) is 2.63. The van der Waals surface area contributed by atoms with Crippen LogP contribution in [0.25, 0.3) is 0 Å². The minimum atomic E-state index is -0.636. The summed E-state index contributed by atoms with van der Waals surface area (Å²) in [7, 11) is 0. The van der Waals surface area contributed by atoms with Crippen molar-refractivity contribution in [3.05, 3.63) is 23.8 Å². The van der Waals surface area contributed by atoms with Crippen molar-refractivity contribution in [2.24, 2.45) is 9.98 Å². The maximum atomic E-state index is 11.8. The van der Waals surface area contributed by atoms with Gasteiger partial charge in [0.1, 0.15) is 5.60 Å². The van der Waals surface area contributed by atoms with Gasteiger partial charge in [0, 0.05) is 44.5 Å². The second kappa shape index (κ2) is 7.85. The second-order valence-corrected chi connectivity index (χ2v) is 7.13. The number of nitrogens with zero attached hydrogens (tertiary/aromatic N) is 4. The summed E-state index contributed by atoms with van der Waals surface area (Å²) in [6, 6.07) is 0. The first-order valence-corrected chi connectivity index (χ1v) is 8.47. The van der Waals surface area contributed by atoms with Crippen molar-refractivity contribution in [1.82, 2.24) is 9.80 Å². The van der Waals surface area contributed by atoms with E-state index in [1.807, 2.05) is 6.08 Å². The predicted octanol–water partition coefficient (Wildman–Crippen LogP) is 2.52. The largest absolute Gasteiger partial charge is 0.442 e. The Morgan fingerprint density at radius 2 is 1.92 bits per heavy atom. The van der Waals surface area contributed by atoms with E-state index < -0.39 is 11.7 Å². The Morgan fingerprint density at radius 1 is 1.29 bits per heavy atom. The maximum absolute atomic E-state index is 11.8. The summed E-state index contributed by atoms with van der Waals surface area (Å²) in [5, 5.41) is 0. The lowest BCUT2D eigenvalue weighted by Gasteiger charge is -2.34. The molecule has 132 valence electrons. The summed E-state index contributed by atoms with van der Waals surface area (Å²) in [6.07, 6.45) is 3.08. The van der Waals surface area contributed by atoms with Gasteiger partial charge in [0.25, 0.3) is 0 Å². The third-order valence-corrected chi connectivity index (χ3v) is 3.91. The zero-order chi connectivity index (χ0) is 17.7. The Labute approximate surface area is 144 Å². The number of carbonyl (C=O) groups excluding carboxylic acids is 1. The molecule has 1 amide bonds. The highest BCUT2D eigenvalue weighted by Crippen LogP contribution is 2.14. The molecule has 2 aliphatic heterocycles. The molecule has 0 N–H and O–H groups in total. The van der Waals surface area contributed by atoms with Gasteiger partial charge in [0.2, 0.25) is 0 Å². The Hall–Kier alpha value is -1.79. The molecule has 0 aromatic rings. The molecule has 0 aromatic carbocycles. The number of ether oxygens (including phenoxy) is 1. The first-order valence-electron chi connectivity index (χ1n) is 8.47. The summed E-state index contributed by atoms with van der Waals surface area (Å²) in [4.78, 5) is 24.8. The van der Waals surface area contributed by atoms with Crippen LogP contribution in [0.2, 0.25) is 0 Å². The number of hydrogen-bond donors (Lipinski definition) is 0. The highest BCUT2D eigenvalue weighted by Gasteiger charge is 2.19. The van der Waals surface area contributed by atoms with Crippen molar-refractivity contribution < 1.29 is 9.53 Å². The van der Waals surface area contributed by atoms with Gasteiger partial charge in [-0.15, -0.1) is 0 Å². The normalized spacial score (nSPS) is 21.9. The van der Waals surface area contributed by atoms with Crippen LogP contribution in [-0.2, 0) is 4.74 Å². The van der Waals surface area contributed by atoms with Gasteiger partial charge in [-0.3, -0.25) is 4.90 Å². The van der Waals surface area contributed by atoms with E-state index in [0.29, 0.717) is 11.4 Å². The molecule has 0 unspecified atom stereocenters. The number of carbonyl (C=O) groups is 1. The number of aliphatic imine (C=N–C) groups is 2. The Morgan fingerprint density at radius 3 is 2.46 bits per heavy atom. The molecule has 0 spiro atoms. The van der Waals surface area contributed by atoms with E-state index in [2.05, 4.69) is 33.3 Å². The van der Waals surface area contributed by atoms with E-state index in [0.717, 1.165) is 44.8 Å². The van der Waals surface area contributed by atoms with E-state index in [9.17, 15) is 4.79 Å². The van der Waals surface area contributed by atoms with E-state index in [-0.39, 0.29) is 0 Å².